The topological polar surface area (TPSA) is 70.7 Å². The zero-order valence-electron chi connectivity index (χ0n) is 15.3. The Kier molecular flexibility index (Phi) is 6.45. The van der Waals surface area contributed by atoms with E-state index in [0.717, 1.165) is 24.8 Å². The summed E-state index contributed by atoms with van der Waals surface area (Å²) < 4.78 is 18.3. The van der Waals surface area contributed by atoms with E-state index in [2.05, 4.69) is 17.7 Å². The van der Waals surface area contributed by atoms with Gasteiger partial charge in [-0.15, -0.1) is 0 Å². The van der Waals surface area contributed by atoms with Crippen molar-refractivity contribution in [3.8, 4) is 5.75 Å². The Labute approximate surface area is 158 Å². The summed E-state index contributed by atoms with van der Waals surface area (Å²) in [7, 11) is 3.46. The highest BCUT2D eigenvalue weighted by Gasteiger charge is 2.27. The standard InChI is InChI=1S/C20H25FN3O3/c1-22-11-14(10-21)13-27-17-5-6-18-15(9-17)7-8-24(20(18)26)12-19(25)23-16-3-2-4-16/h5-6,9-10,16,22H,1-4,7-8,11-13H2,(H,23,25)/b14-10+. The molecule has 0 aromatic heterocycles. The van der Waals surface area contributed by atoms with Crippen LogP contribution in [0.1, 0.15) is 35.2 Å². The van der Waals surface area contributed by atoms with E-state index in [-0.39, 0.29) is 31.0 Å². The summed E-state index contributed by atoms with van der Waals surface area (Å²) in [6.07, 6.45) is 4.36. The van der Waals surface area contributed by atoms with Gasteiger partial charge in [-0.3, -0.25) is 9.59 Å². The third-order valence-electron chi connectivity index (χ3n) is 4.98. The molecule has 27 heavy (non-hydrogen) atoms. The van der Waals surface area contributed by atoms with Crippen molar-refractivity contribution in [3.05, 3.63) is 48.3 Å². The lowest BCUT2D eigenvalue weighted by atomic mass is 9.93. The summed E-state index contributed by atoms with van der Waals surface area (Å²) in [5.74, 6) is 0.347. The Hall–Kier alpha value is -2.41. The van der Waals surface area contributed by atoms with Gasteiger partial charge in [0.2, 0.25) is 5.91 Å². The molecule has 0 spiro atoms. The lowest BCUT2D eigenvalue weighted by Crippen LogP contribution is -2.48. The van der Waals surface area contributed by atoms with E-state index < -0.39 is 0 Å². The average molecular weight is 374 g/mol. The van der Waals surface area contributed by atoms with Gasteiger partial charge in [0.05, 0.1) is 12.9 Å². The van der Waals surface area contributed by atoms with Gasteiger partial charge in [-0.25, -0.2) is 4.39 Å². The molecule has 0 saturated heterocycles. The number of ether oxygens (including phenoxy) is 1. The molecule has 1 fully saturated rings. The third kappa shape index (κ3) is 4.86. The minimum atomic E-state index is -0.142. The van der Waals surface area contributed by atoms with Crippen molar-refractivity contribution in [1.29, 1.82) is 0 Å². The summed E-state index contributed by atoms with van der Waals surface area (Å²) >= 11 is 0. The first kappa shape index (κ1) is 19.4. The molecular weight excluding hydrogens is 349 g/mol. The Morgan fingerprint density at radius 3 is 2.89 bits per heavy atom. The molecule has 2 N–H and O–H groups in total. The van der Waals surface area contributed by atoms with E-state index in [0.29, 0.717) is 42.7 Å². The maximum Gasteiger partial charge on any atom is 0.254 e. The minimum absolute atomic E-state index is 0.0930. The van der Waals surface area contributed by atoms with Gasteiger partial charge in [-0.2, -0.15) is 0 Å². The van der Waals surface area contributed by atoms with Gasteiger partial charge in [0, 0.05) is 37.3 Å². The van der Waals surface area contributed by atoms with E-state index in [9.17, 15) is 14.0 Å². The van der Waals surface area contributed by atoms with E-state index in [1.165, 1.54) is 0 Å². The number of benzene rings is 1. The molecule has 2 amide bonds. The number of fused-ring (bicyclic) bond motifs is 1. The van der Waals surface area contributed by atoms with Gasteiger partial charge < -0.3 is 20.3 Å². The second-order valence-corrected chi connectivity index (χ2v) is 6.97. The third-order valence-corrected chi connectivity index (χ3v) is 4.98. The van der Waals surface area contributed by atoms with Crippen LogP contribution >= 0.6 is 0 Å². The maximum absolute atomic E-state index is 12.7. The predicted octanol–water partition coefficient (Wildman–Crippen LogP) is 1.97. The maximum atomic E-state index is 12.7. The molecule has 145 valence electrons. The highest BCUT2D eigenvalue weighted by Crippen LogP contribution is 2.24. The monoisotopic (exact) mass is 374 g/mol. The molecule has 0 atom stereocenters. The normalized spacial score (nSPS) is 17.3. The van der Waals surface area contributed by atoms with E-state index in [1.807, 2.05) is 6.07 Å². The summed E-state index contributed by atoms with van der Waals surface area (Å²) in [4.78, 5) is 26.3. The molecule has 1 radical (unpaired) electrons. The number of halogens is 1. The van der Waals surface area contributed by atoms with Crippen molar-refractivity contribution < 1.29 is 18.7 Å². The Morgan fingerprint density at radius 1 is 1.41 bits per heavy atom. The molecule has 1 aromatic carbocycles. The quantitative estimate of drug-likeness (QED) is 0.730. The van der Waals surface area contributed by atoms with E-state index >= 15 is 0 Å². The largest absolute Gasteiger partial charge is 0.489 e. The van der Waals surface area contributed by atoms with Gasteiger partial charge in [0.15, 0.2) is 0 Å². The first-order chi connectivity index (χ1) is 13.1. The highest BCUT2D eigenvalue weighted by atomic mass is 19.1. The van der Waals surface area contributed by atoms with Crippen LogP contribution in [0.4, 0.5) is 4.39 Å². The van der Waals surface area contributed by atoms with Gasteiger partial charge in [0.25, 0.3) is 5.91 Å². The SMILES string of the molecule is [CH2]NC/C(=C\F)COc1ccc2c(c1)CCN(CC(=O)NC1CCC1)C2=O. The molecule has 1 heterocycles. The van der Waals surface area contributed by atoms with Crippen LogP contribution in [0, 0.1) is 7.05 Å². The Bertz CT molecular complexity index is 731. The van der Waals surface area contributed by atoms with Crippen LogP contribution in [0.25, 0.3) is 0 Å². The second kappa shape index (κ2) is 8.99. The molecule has 1 aliphatic heterocycles. The summed E-state index contributed by atoms with van der Waals surface area (Å²) in [6, 6.07) is 5.49. The van der Waals surface area contributed by atoms with Crippen LogP contribution in [0.15, 0.2) is 30.1 Å². The molecule has 2 aliphatic rings. The van der Waals surface area contributed by atoms with Crippen molar-refractivity contribution in [3.63, 3.8) is 0 Å². The van der Waals surface area contributed by atoms with Gasteiger partial charge in [-0.05, 0) is 49.4 Å². The number of hydrogen-bond donors (Lipinski definition) is 2. The van der Waals surface area contributed by atoms with Crippen molar-refractivity contribution in [2.24, 2.45) is 0 Å². The first-order valence-electron chi connectivity index (χ1n) is 9.23. The molecule has 7 heteroatoms. The van der Waals surface area contributed by atoms with Crippen LogP contribution in [0.2, 0.25) is 0 Å². The second-order valence-electron chi connectivity index (χ2n) is 6.97. The summed E-state index contributed by atoms with van der Waals surface area (Å²) in [6.45, 7) is 1.00. The molecule has 6 nitrogen and oxygen atoms in total. The van der Waals surface area contributed by atoms with Crippen LogP contribution in [-0.4, -0.2) is 49.0 Å². The molecular formula is C20H25FN3O3. The zero-order valence-corrected chi connectivity index (χ0v) is 15.3. The number of carbonyl (C=O) groups excluding carboxylic acids is 2. The zero-order chi connectivity index (χ0) is 19.2. The minimum Gasteiger partial charge on any atom is -0.489 e. The van der Waals surface area contributed by atoms with Crippen molar-refractivity contribution in [1.82, 2.24) is 15.5 Å². The fourth-order valence-electron chi connectivity index (χ4n) is 3.21. The van der Waals surface area contributed by atoms with Crippen LogP contribution in [-0.2, 0) is 11.2 Å². The Balaban J connectivity index is 1.58. The molecule has 1 aromatic rings. The highest BCUT2D eigenvalue weighted by molar-refractivity contribution is 5.98. The van der Waals surface area contributed by atoms with Crippen molar-refractivity contribution >= 4 is 11.8 Å². The first-order valence-corrected chi connectivity index (χ1v) is 9.23. The lowest BCUT2D eigenvalue weighted by molar-refractivity contribution is -0.123. The summed E-state index contributed by atoms with van der Waals surface area (Å²) in [5.41, 5.74) is 1.92. The van der Waals surface area contributed by atoms with Crippen LogP contribution in [0.5, 0.6) is 5.75 Å². The smallest absolute Gasteiger partial charge is 0.254 e. The molecule has 0 bridgehead atoms. The number of hydrogen-bond acceptors (Lipinski definition) is 4. The lowest BCUT2D eigenvalue weighted by Gasteiger charge is -2.31. The average Bonchev–Trinajstić information content (AvgIpc) is 2.64. The van der Waals surface area contributed by atoms with Crippen LogP contribution < -0.4 is 15.4 Å². The van der Waals surface area contributed by atoms with Crippen molar-refractivity contribution in [2.45, 2.75) is 31.7 Å². The number of rotatable bonds is 8. The van der Waals surface area contributed by atoms with E-state index in [4.69, 9.17) is 4.74 Å². The van der Waals surface area contributed by atoms with Gasteiger partial charge in [-0.1, -0.05) is 0 Å². The Morgan fingerprint density at radius 2 is 2.22 bits per heavy atom. The molecule has 1 saturated carbocycles. The molecule has 1 aliphatic carbocycles. The number of nitrogens with one attached hydrogen (secondary N) is 2. The van der Waals surface area contributed by atoms with Crippen molar-refractivity contribution in [2.75, 3.05) is 26.2 Å². The number of carbonyl (C=O) groups is 2. The van der Waals surface area contributed by atoms with E-state index in [1.54, 1.807) is 17.0 Å². The number of amides is 2. The fourth-order valence-corrected chi connectivity index (χ4v) is 3.21. The van der Waals surface area contributed by atoms with Gasteiger partial charge >= 0.3 is 0 Å². The predicted molar refractivity (Wildman–Crippen MR) is 99.9 cm³/mol. The fraction of sp³-hybridized carbons (Fsp3) is 0.450. The molecule has 0 unspecified atom stereocenters. The van der Waals surface area contributed by atoms with Crippen LogP contribution in [0.3, 0.4) is 0 Å². The molecule has 3 rings (SSSR count). The summed E-state index contributed by atoms with van der Waals surface area (Å²) in [5, 5.41) is 5.59. The number of nitrogens with zero attached hydrogens (tertiary/aromatic N) is 1. The van der Waals surface area contributed by atoms with Gasteiger partial charge in [0.1, 0.15) is 12.4 Å².